The zero-order valence-electron chi connectivity index (χ0n) is 11.9. The fourth-order valence-corrected chi connectivity index (χ4v) is 3.01. The highest BCUT2D eigenvalue weighted by molar-refractivity contribution is 5.40. The van der Waals surface area contributed by atoms with Gasteiger partial charge in [-0.2, -0.15) is 0 Å². The van der Waals surface area contributed by atoms with E-state index in [1.54, 1.807) is 0 Å². The van der Waals surface area contributed by atoms with E-state index >= 15 is 0 Å². The molecule has 1 heterocycles. The second-order valence-electron chi connectivity index (χ2n) is 5.34. The average molecular weight is 267 g/mol. The summed E-state index contributed by atoms with van der Waals surface area (Å²) in [6, 6.07) is 18.8. The van der Waals surface area contributed by atoms with Gasteiger partial charge in [0.15, 0.2) is 0 Å². The lowest BCUT2D eigenvalue weighted by molar-refractivity contribution is 0.419. The van der Waals surface area contributed by atoms with Gasteiger partial charge >= 0.3 is 0 Å². The van der Waals surface area contributed by atoms with Crippen LogP contribution in [0.1, 0.15) is 31.4 Å². The minimum absolute atomic E-state index is 0.417. The highest BCUT2D eigenvalue weighted by Gasteiger charge is 2.28. The van der Waals surface area contributed by atoms with Gasteiger partial charge in [0, 0.05) is 11.6 Å². The number of benzene rings is 2. The predicted molar refractivity (Wildman–Crippen MR) is 82.1 cm³/mol. The Labute approximate surface area is 120 Å². The number of para-hydroxylation sites is 2. The van der Waals surface area contributed by atoms with Crippen molar-refractivity contribution in [2.24, 2.45) is 5.92 Å². The second-order valence-corrected chi connectivity index (χ2v) is 5.34. The number of nitrogens with one attached hydrogen (secondary N) is 1. The molecule has 0 radical (unpaired) electrons. The summed E-state index contributed by atoms with van der Waals surface area (Å²) in [6.07, 6.45) is 2.46. The molecule has 0 amide bonds. The fraction of sp³-hybridized carbons (Fsp3) is 0.333. The monoisotopic (exact) mass is 267 g/mol. The van der Waals surface area contributed by atoms with E-state index in [2.05, 4.69) is 30.4 Å². The second kappa shape index (κ2) is 6.10. The van der Waals surface area contributed by atoms with Crippen molar-refractivity contribution in [2.45, 2.75) is 25.8 Å². The van der Waals surface area contributed by atoms with Crippen LogP contribution in [0.2, 0.25) is 0 Å². The van der Waals surface area contributed by atoms with Crippen molar-refractivity contribution in [3.63, 3.8) is 0 Å². The maximum atomic E-state index is 6.07. The van der Waals surface area contributed by atoms with E-state index in [1.807, 2.05) is 36.4 Å². The van der Waals surface area contributed by atoms with Crippen LogP contribution in [-0.2, 0) is 0 Å². The quantitative estimate of drug-likeness (QED) is 0.878. The molecule has 2 atom stereocenters. The van der Waals surface area contributed by atoms with E-state index in [9.17, 15) is 0 Å². The molecule has 0 aliphatic carbocycles. The van der Waals surface area contributed by atoms with Gasteiger partial charge in [-0.25, -0.2) is 0 Å². The fourth-order valence-electron chi connectivity index (χ4n) is 3.01. The minimum Gasteiger partial charge on any atom is -0.457 e. The molecule has 1 fully saturated rings. The summed E-state index contributed by atoms with van der Waals surface area (Å²) in [7, 11) is 0. The number of hydrogen-bond acceptors (Lipinski definition) is 2. The molecule has 2 aromatic carbocycles. The Morgan fingerprint density at radius 3 is 2.60 bits per heavy atom. The summed E-state index contributed by atoms with van der Waals surface area (Å²) in [5.41, 5.74) is 1.28. The van der Waals surface area contributed by atoms with Gasteiger partial charge in [-0.05, 0) is 37.1 Å². The summed E-state index contributed by atoms with van der Waals surface area (Å²) in [4.78, 5) is 0. The predicted octanol–water partition coefficient (Wildman–Crippen LogP) is 4.54. The first kappa shape index (κ1) is 13.2. The maximum absolute atomic E-state index is 6.07. The van der Waals surface area contributed by atoms with Crippen molar-refractivity contribution in [1.29, 1.82) is 0 Å². The van der Waals surface area contributed by atoms with Gasteiger partial charge in [0.05, 0.1) is 0 Å². The third-order valence-electron chi connectivity index (χ3n) is 4.10. The van der Waals surface area contributed by atoms with Crippen molar-refractivity contribution in [1.82, 2.24) is 5.32 Å². The van der Waals surface area contributed by atoms with Crippen LogP contribution >= 0.6 is 0 Å². The summed E-state index contributed by atoms with van der Waals surface area (Å²) in [6.45, 7) is 3.37. The molecule has 3 rings (SSSR count). The standard InChI is InChI=1S/C18H21NO/c1-2-14-12-13-19-18(14)16-10-6-7-11-17(16)20-15-8-4-3-5-9-15/h3-11,14,18-19H,2,12-13H2,1H3. The average Bonchev–Trinajstić information content (AvgIpc) is 2.97. The van der Waals surface area contributed by atoms with Crippen molar-refractivity contribution < 1.29 is 4.74 Å². The van der Waals surface area contributed by atoms with Crippen molar-refractivity contribution in [3.8, 4) is 11.5 Å². The molecule has 0 spiro atoms. The Balaban J connectivity index is 1.88. The van der Waals surface area contributed by atoms with Crippen LogP contribution in [0.15, 0.2) is 54.6 Å². The molecular weight excluding hydrogens is 246 g/mol. The summed E-state index contributed by atoms with van der Waals surface area (Å²) >= 11 is 0. The molecule has 0 saturated carbocycles. The molecule has 104 valence electrons. The smallest absolute Gasteiger partial charge is 0.132 e. The molecule has 2 nitrogen and oxygen atoms in total. The Bertz CT molecular complexity index is 552. The summed E-state index contributed by atoms with van der Waals surface area (Å²) < 4.78 is 6.07. The van der Waals surface area contributed by atoms with Gasteiger partial charge in [0.2, 0.25) is 0 Å². The van der Waals surface area contributed by atoms with Gasteiger partial charge in [-0.15, -0.1) is 0 Å². The molecular formula is C18H21NO. The zero-order chi connectivity index (χ0) is 13.8. The van der Waals surface area contributed by atoms with E-state index in [-0.39, 0.29) is 0 Å². The van der Waals surface area contributed by atoms with Crippen LogP contribution < -0.4 is 10.1 Å². The van der Waals surface area contributed by atoms with Gasteiger partial charge < -0.3 is 10.1 Å². The van der Waals surface area contributed by atoms with E-state index in [0.29, 0.717) is 12.0 Å². The Hall–Kier alpha value is -1.80. The molecule has 20 heavy (non-hydrogen) atoms. The minimum atomic E-state index is 0.417. The molecule has 2 unspecified atom stereocenters. The lowest BCUT2D eigenvalue weighted by Gasteiger charge is -2.21. The van der Waals surface area contributed by atoms with Crippen LogP contribution in [0.3, 0.4) is 0 Å². The molecule has 0 bridgehead atoms. The van der Waals surface area contributed by atoms with Crippen LogP contribution in [0.4, 0.5) is 0 Å². The van der Waals surface area contributed by atoms with E-state index < -0.39 is 0 Å². The lowest BCUT2D eigenvalue weighted by atomic mass is 9.91. The topological polar surface area (TPSA) is 21.3 Å². The summed E-state index contributed by atoms with van der Waals surface area (Å²) in [5.74, 6) is 2.57. The number of hydrogen-bond donors (Lipinski definition) is 1. The SMILES string of the molecule is CCC1CCNC1c1ccccc1Oc1ccccc1. The third-order valence-corrected chi connectivity index (χ3v) is 4.10. The molecule has 1 aliphatic rings. The van der Waals surface area contributed by atoms with Crippen molar-refractivity contribution >= 4 is 0 Å². The van der Waals surface area contributed by atoms with Crippen LogP contribution in [0.5, 0.6) is 11.5 Å². The first-order chi connectivity index (χ1) is 9.88. The van der Waals surface area contributed by atoms with Crippen LogP contribution in [0.25, 0.3) is 0 Å². The van der Waals surface area contributed by atoms with Gasteiger partial charge in [0.25, 0.3) is 0 Å². The van der Waals surface area contributed by atoms with Crippen molar-refractivity contribution in [2.75, 3.05) is 6.54 Å². The zero-order valence-corrected chi connectivity index (χ0v) is 11.9. The normalized spacial score (nSPS) is 21.9. The number of rotatable bonds is 4. The third kappa shape index (κ3) is 2.70. The van der Waals surface area contributed by atoms with Crippen molar-refractivity contribution in [3.05, 3.63) is 60.2 Å². The van der Waals surface area contributed by atoms with Gasteiger partial charge in [-0.3, -0.25) is 0 Å². The van der Waals surface area contributed by atoms with E-state index in [1.165, 1.54) is 18.4 Å². The Morgan fingerprint density at radius 2 is 1.80 bits per heavy atom. The largest absolute Gasteiger partial charge is 0.457 e. The molecule has 2 aromatic rings. The number of ether oxygens (including phenoxy) is 1. The van der Waals surface area contributed by atoms with Crippen LogP contribution in [0, 0.1) is 5.92 Å². The lowest BCUT2D eigenvalue weighted by Crippen LogP contribution is -2.18. The highest BCUT2D eigenvalue weighted by Crippen LogP contribution is 2.37. The van der Waals surface area contributed by atoms with Gasteiger partial charge in [-0.1, -0.05) is 49.7 Å². The molecule has 2 heteroatoms. The molecule has 1 aliphatic heterocycles. The van der Waals surface area contributed by atoms with E-state index in [0.717, 1.165) is 18.0 Å². The molecule has 1 saturated heterocycles. The first-order valence-corrected chi connectivity index (χ1v) is 7.43. The van der Waals surface area contributed by atoms with E-state index in [4.69, 9.17) is 4.74 Å². The van der Waals surface area contributed by atoms with Gasteiger partial charge in [0.1, 0.15) is 11.5 Å². The molecule has 1 N–H and O–H groups in total. The Kier molecular flexibility index (Phi) is 4.03. The summed E-state index contributed by atoms with van der Waals surface area (Å²) in [5, 5.41) is 3.62. The first-order valence-electron chi connectivity index (χ1n) is 7.43. The highest BCUT2D eigenvalue weighted by atomic mass is 16.5. The maximum Gasteiger partial charge on any atom is 0.132 e. The molecule has 0 aromatic heterocycles. The van der Waals surface area contributed by atoms with Crippen LogP contribution in [-0.4, -0.2) is 6.54 Å². The Morgan fingerprint density at radius 1 is 1.05 bits per heavy atom.